The summed E-state index contributed by atoms with van der Waals surface area (Å²) in [7, 11) is 3.81. The molecule has 0 unspecified atom stereocenters. The fraction of sp³-hybridized carbons (Fsp3) is 0.409. The maximum atomic E-state index is 12.8. The number of thiazole rings is 1. The summed E-state index contributed by atoms with van der Waals surface area (Å²) in [4.78, 5) is 24.1. The van der Waals surface area contributed by atoms with Crippen molar-refractivity contribution < 1.29 is 9.53 Å². The van der Waals surface area contributed by atoms with Gasteiger partial charge in [-0.3, -0.25) is 4.79 Å². The van der Waals surface area contributed by atoms with Gasteiger partial charge in [-0.25, -0.2) is 9.97 Å². The van der Waals surface area contributed by atoms with Crippen molar-refractivity contribution in [3.63, 3.8) is 0 Å². The molecule has 2 aromatic heterocycles. The SMILES string of the molecule is COc1cc(-c2ccc3nc(NC(=O)[C@H]4C[C@H]5CC[C@@H](C4)N5C)sc3c2)ccn1. The van der Waals surface area contributed by atoms with Crippen LogP contribution in [0.2, 0.25) is 0 Å². The lowest BCUT2D eigenvalue weighted by Gasteiger charge is -2.35. The largest absolute Gasteiger partial charge is 0.481 e. The van der Waals surface area contributed by atoms with E-state index < -0.39 is 0 Å². The Balaban J connectivity index is 1.34. The van der Waals surface area contributed by atoms with E-state index in [2.05, 4.69) is 33.3 Å². The van der Waals surface area contributed by atoms with Gasteiger partial charge in [0.2, 0.25) is 11.8 Å². The average Bonchev–Trinajstić information content (AvgIpc) is 3.20. The lowest BCUT2D eigenvalue weighted by molar-refractivity contribution is -0.122. The summed E-state index contributed by atoms with van der Waals surface area (Å²) in [6.45, 7) is 0. The second-order valence-electron chi connectivity index (χ2n) is 8.00. The van der Waals surface area contributed by atoms with Crippen LogP contribution in [0.25, 0.3) is 21.3 Å². The van der Waals surface area contributed by atoms with Crippen LogP contribution in [0, 0.1) is 5.92 Å². The Hall–Kier alpha value is -2.51. The van der Waals surface area contributed by atoms with E-state index in [9.17, 15) is 4.79 Å². The summed E-state index contributed by atoms with van der Waals surface area (Å²) >= 11 is 1.53. The first-order valence-electron chi connectivity index (χ1n) is 10.0. The molecule has 0 radical (unpaired) electrons. The van der Waals surface area contributed by atoms with Crippen molar-refractivity contribution in [3.8, 4) is 17.0 Å². The Bertz CT molecular complexity index is 1050. The Labute approximate surface area is 173 Å². The van der Waals surface area contributed by atoms with Crippen molar-refractivity contribution in [3.05, 3.63) is 36.5 Å². The van der Waals surface area contributed by atoms with E-state index in [1.54, 1.807) is 13.3 Å². The normalized spacial score (nSPS) is 24.0. The highest BCUT2D eigenvalue weighted by atomic mass is 32.1. The molecule has 0 aliphatic carbocycles. The van der Waals surface area contributed by atoms with E-state index in [1.165, 1.54) is 24.2 Å². The van der Waals surface area contributed by atoms with Crippen molar-refractivity contribution >= 4 is 32.6 Å². The number of benzene rings is 1. The standard InChI is InChI=1S/C22H24N4O2S/c1-26-16-4-5-17(26)10-15(9-16)21(27)25-22-24-18-6-3-13(11-19(18)29-22)14-7-8-23-20(12-14)28-2/h3,6-8,11-12,15-17H,4-5,9-10H2,1-2H3,(H,24,25,27)/t15-,16+,17-. The topological polar surface area (TPSA) is 67.3 Å². The summed E-state index contributed by atoms with van der Waals surface area (Å²) in [5.74, 6) is 0.802. The number of anilines is 1. The molecule has 7 heteroatoms. The van der Waals surface area contributed by atoms with E-state index in [1.807, 2.05) is 24.3 Å². The molecule has 2 bridgehead atoms. The number of ether oxygens (including phenoxy) is 1. The third kappa shape index (κ3) is 3.49. The van der Waals surface area contributed by atoms with E-state index >= 15 is 0 Å². The zero-order valence-corrected chi connectivity index (χ0v) is 17.4. The zero-order valence-electron chi connectivity index (χ0n) is 16.6. The fourth-order valence-electron chi connectivity index (χ4n) is 4.69. The van der Waals surface area contributed by atoms with Crippen molar-refractivity contribution in [1.82, 2.24) is 14.9 Å². The van der Waals surface area contributed by atoms with Gasteiger partial charge in [0.1, 0.15) is 0 Å². The number of rotatable bonds is 4. The summed E-state index contributed by atoms with van der Waals surface area (Å²) in [5.41, 5.74) is 3.02. The molecular formula is C22H24N4O2S. The molecule has 4 heterocycles. The van der Waals surface area contributed by atoms with Gasteiger partial charge >= 0.3 is 0 Å². The summed E-state index contributed by atoms with van der Waals surface area (Å²) in [6, 6.07) is 11.1. The van der Waals surface area contributed by atoms with Gasteiger partial charge in [0.25, 0.3) is 0 Å². The van der Waals surface area contributed by atoms with Gasteiger partial charge in [-0.15, -0.1) is 0 Å². The third-order valence-corrected chi connectivity index (χ3v) is 7.30. The maximum absolute atomic E-state index is 12.8. The molecule has 2 aliphatic rings. The summed E-state index contributed by atoms with van der Waals surface area (Å²) < 4.78 is 6.28. The number of nitrogens with one attached hydrogen (secondary N) is 1. The highest BCUT2D eigenvalue weighted by Crippen LogP contribution is 2.38. The second-order valence-corrected chi connectivity index (χ2v) is 9.03. The van der Waals surface area contributed by atoms with Crippen molar-refractivity contribution in [2.75, 3.05) is 19.5 Å². The molecule has 1 N–H and O–H groups in total. The van der Waals surface area contributed by atoms with Crippen LogP contribution in [-0.2, 0) is 4.79 Å². The van der Waals surface area contributed by atoms with Crippen molar-refractivity contribution in [2.24, 2.45) is 5.92 Å². The average molecular weight is 409 g/mol. The van der Waals surface area contributed by atoms with E-state index in [0.717, 1.165) is 34.2 Å². The first-order valence-corrected chi connectivity index (χ1v) is 10.9. The lowest BCUT2D eigenvalue weighted by Crippen LogP contribution is -2.43. The Kier molecular flexibility index (Phi) is 4.72. The fourth-order valence-corrected chi connectivity index (χ4v) is 5.60. The molecule has 5 rings (SSSR count). The summed E-state index contributed by atoms with van der Waals surface area (Å²) in [5, 5.41) is 3.76. The molecule has 150 valence electrons. The number of amides is 1. The van der Waals surface area contributed by atoms with Crippen LogP contribution in [-0.4, -0.2) is 47.0 Å². The van der Waals surface area contributed by atoms with Gasteiger partial charge < -0.3 is 15.0 Å². The highest BCUT2D eigenvalue weighted by Gasteiger charge is 2.40. The van der Waals surface area contributed by atoms with Crippen LogP contribution in [0.5, 0.6) is 5.88 Å². The number of hydrogen-bond acceptors (Lipinski definition) is 6. The molecule has 2 fully saturated rings. The predicted octanol–water partition coefficient (Wildman–Crippen LogP) is 4.18. The third-order valence-electron chi connectivity index (χ3n) is 6.36. The van der Waals surface area contributed by atoms with Gasteiger partial charge in [-0.1, -0.05) is 17.4 Å². The number of pyridine rings is 1. The van der Waals surface area contributed by atoms with Crippen molar-refractivity contribution in [2.45, 2.75) is 37.8 Å². The maximum Gasteiger partial charge on any atom is 0.229 e. The number of carbonyl (C=O) groups excluding carboxylic acids is 1. The summed E-state index contributed by atoms with van der Waals surface area (Å²) in [6.07, 6.45) is 6.09. The first kappa shape index (κ1) is 18.5. The minimum atomic E-state index is 0.0931. The number of nitrogens with zero attached hydrogens (tertiary/aromatic N) is 3. The monoisotopic (exact) mass is 408 g/mol. The molecular weight excluding hydrogens is 384 g/mol. The van der Waals surface area contributed by atoms with Crippen LogP contribution in [0.4, 0.5) is 5.13 Å². The molecule has 2 saturated heterocycles. The molecule has 3 aromatic rings. The van der Waals surface area contributed by atoms with E-state index in [-0.39, 0.29) is 11.8 Å². The van der Waals surface area contributed by atoms with Crippen LogP contribution < -0.4 is 10.1 Å². The van der Waals surface area contributed by atoms with Crippen LogP contribution in [0.3, 0.4) is 0 Å². The predicted molar refractivity (Wildman–Crippen MR) is 115 cm³/mol. The second kappa shape index (κ2) is 7.39. The van der Waals surface area contributed by atoms with Gasteiger partial charge in [-0.05, 0) is 62.1 Å². The quantitative estimate of drug-likeness (QED) is 0.702. The number of carbonyl (C=O) groups is 1. The van der Waals surface area contributed by atoms with Crippen LogP contribution in [0.1, 0.15) is 25.7 Å². The molecule has 0 saturated carbocycles. The molecule has 0 spiro atoms. The number of aromatic nitrogens is 2. The minimum absolute atomic E-state index is 0.0931. The molecule has 3 atom stereocenters. The lowest BCUT2D eigenvalue weighted by atomic mass is 9.90. The van der Waals surface area contributed by atoms with Crippen molar-refractivity contribution in [1.29, 1.82) is 0 Å². The highest BCUT2D eigenvalue weighted by molar-refractivity contribution is 7.22. The Morgan fingerprint density at radius 3 is 2.69 bits per heavy atom. The van der Waals surface area contributed by atoms with E-state index in [0.29, 0.717) is 23.1 Å². The first-order chi connectivity index (χ1) is 14.1. The van der Waals surface area contributed by atoms with Gasteiger partial charge in [0.05, 0.1) is 17.3 Å². The molecule has 2 aliphatic heterocycles. The van der Waals surface area contributed by atoms with Crippen LogP contribution in [0.15, 0.2) is 36.5 Å². The van der Waals surface area contributed by atoms with Gasteiger partial charge in [0.15, 0.2) is 5.13 Å². The van der Waals surface area contributed by atoms with E-state index in [4.69, 9.17) is 4.74 Å². The number of piperidine rings is 1. The number of hydrogen-bond donors (Lipinski definition) is 1. The van der Waals surface area contributed by atoms with Gasteiger partial charge in [0, 0.05) is 30.3 Å². The Morgan fingerprint density at radius 1 is 1.17 bits per heavy atom. The number of methoxy groups -OCH3 is 1. The minimum Gasteiger partial charge on any atom is -0.481 e. The zero-order chi connectivity index (χ0) is 20.0. The molecule has 1 amide bonds. The molecule has 6 nitrogen and oxygen atoms in total. The molecule has 1 aromatic carbocycles. The van der Waals surface area contributed by atoms with Crippen LogP contribution >= 0.6 is 11.3 Å². The Morgan fingerprint density at radius 2 is 1.93 bits per heavy atom. The van der Waals surface area contributed by atoms with Gasteiger partial charge in [-0.2, -0.15) is 0 Å². The number of fused-ring (bicyclic) bond motifs is 3. The smallest absolute Gasteiger partial charge is 0.229 e. The molecule has 29 heavy (non-hydrogen) atoms.